The van der Waals surface area contributed by atoms with Crippen molar-refractivity contribution in [2.75, 3.05) is 37.0 Å². The molecule has 3 aromatic rings. The topological polar surface area (TPSA) is 104 Å². The van der Waals surface area contributed by atoms with Gasteiger partial charge in [0, 0.05) is 44.4 Å². The second-order valence-electron chi connectivity index (χ2n) is 8.75. The molecule has 182 valence electrons. The van der Waals surface area contributed by atoms with Crippen LogP contribution >= 0.6 is 0 Å². The van der Waals surface area contributed by atoms with Crippen LogP contribution in [0.25, 0.3) is 0 Å². The lowest BCUT2D eigenvalue weighted by molar-refractivity contribution is 0.0512. The lowest BCUT2D eigenvalue weighted by atomic mass is 10.0. The highest BCUT2D eigenvalue weighted by atomic mass is 32.2. The van der Waals surface area contributed by atoms with Crippen molar-refractivity contribution in [3.05, 3.63) is 77.2 Å². The Labute approximate surface area is 204 Å². The molecule has 2 aliphatic rings. The van der Waals surface area contributed by atoms with Gasteiger partial charge in [0.1, 0.15) is 0 Å². The molecule has 0 unspecified atom stereocenters. The number of carbonyl (C=O) groups is 2. The van der Waals surface area contributed by atoms with Crippen molar-refractivity contribution < 1.29 is 22.5 Å². The molecule has 1 fully saturated rings. The molecule has 1 saturated heterocycles. The van der Waals surface area contributed by atoms with Crippen molar-refractivity contribution in [2.24, 2.45) is 0 Å². The van der Waals surface area contributed by atoms with E-state index in [1.165, 1.54) is 16.4 Å². The molecule has 0 radical (unpaired) electrons. The summed E-state index contributed by atoms with van der Waals surface area (Å²) in [5, 5.41) is 3.75. The molecule has 10 heteroatoms. The molecule has 0 spiro atoms. The summed E-state index contributed by atoms with van der Waals surface area (Å²) in [4.78, 5) is 29.1. The van der Waals surface area contributed by atoms with E-state index in [-0.39, 0.29) is 22.5 Å². The number of carbonyl (C=O) groups excluding carboxylic acids is 2. The first-order valence-corrected chi connectivity index (χ1v) is 13.0. The molecule has 0 aliphatic carbocycles. The number of nitrogens with zero attached hydrogens (tertiary/aromatic N) is 4. The second kappa shape index (κ2) is 9.18. The Hall–Kier alpha value is -3.66. The predicted octanol–water partition coefficient (Wildman–Crippen LogP) is 2.72. The summed E-state index contributed by atoms with van der Waals surface area (Å²) in [6.07, 6.45) is 1.58. The average Bonchev–Trinajstić information content (AvgIpc) is 3.33. The minimum atomic E-state index is -3.82. The van der Waals surface area contributed by atoms with Crippen LogP contribution in [0.5, 0.6) is 0 Å². The Bertz CT molecular complexity index is 1380. The summed E-state index contributed by atoms with van der Waals surface area (Å²) >= 11 is 0. The summed E-state index contributed by atoms with van der Waals surface area (Å²) in [6, 6.07) is 15.3. The van der Waals surface area contributed by atoms with E-state index in [0.29, 0.717) is 49.7 Å². The minimum Gasteiger partial charge on any atom is -0.351 e. The lowest BCUT2D eigenvalue weighted by Crippen LogP contribution is -2.50. The lowest BCUT2D eigenvalue weighted by Gasteiger charge is -2.34. The molecular formula is C25H26N4O5S. The van der Waals surface area contributed by atoms with Crippen LogP contribution in [-0.2, 0) is 16.4 Å². The second-order valence-corrected chi connectivity index (χ2v) is 10.6. The Morgan fingerprint density at radius 2 is 1.60 bits per heavy atom. The molecule has 5 rings (SSSR count). The molecule has 2 aromatic carbocycles. The monoisotopic (exact) mass is 494 g/mol. The highest BCUT2D eigenvalue weighted by molar-refractivity contribution is 7.92. The Morgan fingerprint density at radius 1 is 0.886 bits per heavy atom. The van der Waals surface area contributed by atoms with Gasteiger partial charge in [-0.1, -0.05) is 29.4 Å². The van der Waals surface area contributed by atoms with Crippen LogP contribution in [0.2, 0.25) is 0 Å². The molecule has 0 saturated carbocycles. The maximum Gasteiger partial charge on any atom is 0.292 e. The highest BCUT2D eigenvalue weighted by Gasteiger charge is 2.31. The highest BCUT2D eigenvalue weighted by Crippen LogP contribution is 2.32. The van der Waals surface area contributed by atoms with Crippen molar-refractivity contribution in [3.63, 3.8) is 0 Å². The fourth-order valence-corrected chi connectivity index (χ4v) is 6.17. The van der Waals surface area contributed by atoms with Gasteiger partial charge in [-0.3, -0.25) is 13.9 Å². The van der Waals surface area contributed by atoms with E-state index in [1.54, 1.807) is 34.9 Å². The number of piperazine rings is 1. The predicted molar refractivity (Wildman–Crippen MR) is 129 cm³/mol. The number of amides is 2. The van der Waals surface area contributed by atoms with Gasteiger partial charge in [-0.05, 0) is 49.6 Å². The van der Waals surface area contributed by atoms with Crippen molar-refractivity contribution in [1.82, 2.24) is 15.0 Å². The number of hydrogen-bond acceptors (Lipinski definition) is 6. The molecule has 0 N–H and O–H groups in total. The largest absolute Gasteiger partial charge is 0.351 e. The zero-order chi connectivity index (χ0) is 24.6. The maximum absolute atomic E-state index is 13.5. The third kappa shape index (κ3) is 4.41. The molecular weight excluding hydrogens is 468 g/mol. The van der Waals surface area contributed by atoms with Gasteiger partial charge >= 0.3 is 0 Å². The van der Waals surface area contributed by atoms with Gasteiger partial charge in [0.15, 0.2) is 0 Å². The molecule has 9 nitrogen and oxygen atoms in total. The van der Waals surface area contributed by atoms with Gasteiger partial charge in [0.05, 0.1) is 16.3 Å². The van der Waals surface area contributed by atoms with Crippen molar-refractivity contribution in [3.8, 4) is 0 Å². The molecule has 0 bridgehead atoms. The molecule has 2 amide bonds. The number of rotatable bonds is 4. The number of aromatic nitrogens is 1. The first-order valence-electron chi connectivity index (χ1n) is 11.6. The van der Waals surface area contributed by atoms with Crippen molar-refractivity contribution in [2.45, 2.75) is 24.7 Å². The van der Waals surface area contributed by atoms with Crippen molar-refractivity contribution >= 4 is 27.5 Å². The Kier molecular flexibility index (Phi) is 6.06. The van der Waals surface area contributed by atoms with E-state index in [1.807, 2.05) is 24.3 Å². The number of fused-ring (bicyclic) bond motifs is 1. The summed E-state index contributed by atoms with van der Waals surface area (Å²) in [6.45, 7) is 3.54. The minimum absolute atomic E-state index is 0.0922. The van der Waals surface area contributed by atoms with Gasteiger partial charge < -0.3 is 14.3 Å². The first kappa shape index (κ1) is 23.1. The number of anilines is 1. The fraction of sp³-hybridized carbons (Fsp3) is 0.320. The van der Waals surface area contributed by atoms with Crippen LogP contribution in [0.3, 0.4) is 0 Å². The summed E-state index contributed by atoms with van der Waals surface area (Å²) in [5.74, 6) is -0.337. The van der Waals surface area contributed by atoms with Gasteiger partial charge in [0.25, 0.3) is 21.8 Å². The quantitative estimate of drug-likeness (QED) is 0.553. The molecule has 0 atom stereocenters. The van der Waals surface area contributed by atoms with Crippen LogP contribution < -0.4 is 4.31 Å². The normalized spacial score (nSPS) is 16.2. The third-order valence-corrected chi connectivity index (χ3v) is 8.24. The van der Waals surface area contributed by atoms with Crippen LogP contribution in [-0.4, -0.2) is 67.9 Å². The summed E-state index contributed by atoms with van der Waals surface area (Å²) < 4.78 is 33.5. The van der Waals surface area contributed by atoms with E-state index in [0.717, 1.165) is 18.4 Å². The van der Waals surface area contributed by atoms with Gasteiger partial charge in [-0.2, -0.15) is 0 Å². The number of sulfonamides is 1. The Balaban J connectivity index is 1.31. The van der Waals surface area contributed by atoms with Crippen LogP contribution in [0.1, 0.15) is 38.6 Å². The first-order chi connectivity index (χ1) is 16.8. The number of benzene rings is 2. The van der Waals surface area contributed by atoms with E-state index >= 15 is 0 Å². The van der Waals surface area contributed by atoms with E-state index in [4.69, 9.17) is 4.52 Å². The van der Waals surface area contributed by atoms with E-state index in [9.17, 15) is 18.0 Å². The summed E-state index contributed by atoms with van der Waals surface area (Å²) in [5.41, 5.74) is 2.63. The standard InChI is InChI=1S/C25H26N4O5S/c1-18-16-23(34-26-18)25(31)28-14-12-27(13-15-28)24(30)20-7-4-9-21(17-20)35(32,33)29-11-5-8-19-6-2-3-10-22(19)29/h2-4,6-7,9-10,16-17H,5,8,11-15H2,1H3. The average molecular weight is 495 g/mol. The number of hydrogen-bond donors (Lipinski definition) is 0. The van der Waals surface area contributed by atoms with Crippen molar-refractivity contribution in [1.29, 1.82) is 0 Å². The maximum atomic E-state index is 13.5. The van der Waals surface area contributed by atoms with Gasteiger partial charge in [0.2, 0.25) is 5.76 Å². The summed E-state index contributed by atoms with van der Waals surface area (Å²) in [7, 11) is -3.82. The number of aryl methyl sites for hydroxylation is 2. The molecule has 35 heavy (non-hydrogen) atoms. The molecule has 2 aliphatic heterocycles. The Morgan fingerprint density at radius 3 is 2.31 bits per heavy atom. The fourth-order valence-electron chi connectivity index (χ4n) is 4.58. The van der Waals surface area contributed by atoms with Crippen LogP contribution in [0.4, 0.5) is 5.69 Å². The zero-order valence-corrected chi connectivity index (χ0v) is 20.2. The van der Waals surface area contributed by atoms with Crippen LogP contribution in [0, 0.1) is 6.92 Å². The van der Waals surface area contributed by atoms with E-state index < -0.39 is 10.0 Å². The number of para-hydroxylation sites is 1. The van der Waals surface area contributed by atoms with Gasteiger partial charge in [-0.25, -0.2) is 8.42 Å². The SMILES string of the molecule is Cc1cc(C(=O)N2CCN(C(=O)c3cccc(S(=O)(=O)N4CCCc5ccccc54)c3)CC2)on1. The zero-order valence-electron chi connectivity index (χ0n) is 19.4. The third-order valence-electron chi connectivity index (χ3n) is 6.43. The molecule has 3 heterocycles. The molecule has 1 aromatic heterocycles. The van der Waals surface area contributed by atoms with E-state index in [2.05, 4.69) is 5.16 Å². The van der Waals surface area contributed by atoms with Crippen LogP contribution in [0.15, 0.2) is 64.0 Å². The van der Waals surface area contributed by atoms with Gasteiger partial charge in [-0.15, -0.1) is 0 Å². The smallest absolute Gasteiger partial charge is 0.292 e.